The Bertz CT molecular complexity index is 999. The first kappa shape index (κ1) is 24.9. The van der Waals surface area contributed by atoms with Crippen LogP contribution in [0.5, 0.6) is 11.5 Å². The van der Waals surface area contributed by atoms with E-state index in [1.54, 1.807) is 0 Å². The number of fused-ring (bicyclic) bond motifs is 5. The first-order chi connectivity index (χ1) is 15.8. The molecule has 0 aromatic heterocycles. The molecule has 2 heterocycles. The van der Waals surface area contributed by atoms with Crippen LogP contribution in [-0.4, -0.2) is 56.6 Å². The van der Waals surface area contributed by atoms with Crippen LogP contribution >= 0.6 is 11.6 Å². The third kappa shape index (κ3) is 5.97. The van der Waals surface area contributed by atoms with Gasteiger partial charge in [-0.05, 0) is 24.3 Å². The molecule has 0 saturated carbocycles. The summed E-state index contributed by atoms with van der Waals surface area (Å²) >= 11 is 6.32. The normalized spacial score (nSPS) is 22.2. The fourth-order valence-electron chi connectivity index (χ4n) is 4.53. The molecule has 2 aliphatic heterocycles. The van der Waals surface area contributed by atoms with Gasteiger partial charge in [0.05, 0.1) is 26.7 Å². The van der Waals surface area contributed by atoms with E-state index >= 15 is 0 Å². The van der Waals surface area contributed by atoms with Crippen LogP contribution in [0.3, 0.4) is 0 Å². The second kappa shape index (κ2) is 10.9. The number of rotatable bonds is 5. The van der Waals surface area contributed by atoms with Crippen molar-refractivity contribution >= 4 is 23.7 Å². The molecule has 8 heteroatoms. The first-order valence-electron chi connectivity index (χ1n) is 11.3. The van der Waals surface area contributed by atoms with E-state index in [0.29, 0.717) is 9.51 Å². The van der Waals surface area contributed by atoms with Gasteiger partial charge >= 0.3 is 12.1 Å². The third-order valence-corrected chi connectivity index (χ3v) is 6.09. The lowest BCUT2D eigenvalue weighted by molar-refractivity contribution is -0.915. The summed E-state index contributed by atoms with van der Waals surface area (Å²) in [6.07, 6.45) is -0.522. The minimum atomic E-state index is -0.522. The number of esters is 1. The summed E-state index contributed by atoms with van der Waals surface area (Å²) in [5, 5.41) is 3.28. The fraction of sp³-hybridized carbons (Fsp3) is 0.440. The molecule has 1 N–H and O–H groups in total. The van der Waals surface area contributed by atoms with E-state index in [0.717, 1.165) is 35.7 Å². The standard InChI is InChI=1S/C23H25ClN2O5.C2H6/c1-15(27)29-10-9-25-23(28)30-14-26(2)12-19-17-5-3-4-6-21(17)31-22-8-7-16(24)11-18(22)20(19)13-26;1-2/h3-8,11,19-20H,9-10,12-14H2,1-2H3;1-2H3/p+1. The zero-order chi connectivity index (χ0) is 24.0. The minimum absolute atomic E-state index is 0.120. The molecule has 1 fully saturated rings. The van der Waals surface area contributed by atoms with E-state index in [2.05, 4.69) is 18.4 Å². The molecule has 3 unspecified atom stereocenters. The second-order valence-corrected chi connectivity index (χ2v) is 8.78. The highest BCUT2D eigenvalue weighted by Crippen LogP contribution is 2.51. The van der Waals surface area contributed by atoms with Gasteiger partial charge in [-0.15, -0.1) is 0 Å². The molecular formula is C25H32ClN2O5+. The Kier molecular flexibility index (Phi) is 8.21. The van der Waals surface area contributed by atoms with Gasteiger partial charge < -0.3 is 19.5 Å². The van der Waals surface area contributed by atoms with Gasteiger partial charge in [0.15, 0.2) is 0 Å². The van der Waals surface area contributed by atoms with Gasteiger partial charge in [0.1, 0.15) is 18.1 Å². The summed E-state index contributed by atoms with van der Waals surface area (Å²) in [6, 6.07) is 13.9. The van der Waals surface area contributed by atoms with E-state index < -0.39 is 6.09 Å². The lowest BCUT2D eigenvalue weighted by Gasteiger charge is -2.29. The molecule has 4 rings (SSSR count). The third-order valence-electron chi connectivity index (χ3n) is 5.85. The number of para-hydroxylation sites is 1. The van der Waals surface area contributed by atoms with Crippen molar-refractivity contribution in [2.45, 2.75) is 32.6 Å². The number of amides is 1. The van der Waals surface area contributed by atoms with E-state index in [9.17, 15) is 9.59 Å². The van der Waals surface area contributed by atoms with Gasteiger partial charge in [-0.25, -0.2) is 4.79 Å². The van der Waals surface area contributed by atoms with Crippen LogP contribution in [0.25, 0.3) is 0 Å². The Hall–Kier alpha value is -2.77. The Balaban J connectivity index is 0.00000149. The van der Waals surface area contributed by atoms with E-state index in [4.69, 9.17) is 25.8 Å². The molecule has 33 heavy (non-hydrogen) atoms. The van der Waals surface area contributed by atoms with Crippen LogP contribution in [0.1, 0.15) is 43.7 Å². The summed E-state index contributed by atoms with van der Waals surface area (Å²) in [5.74, 6) is 1.71. The topological polar surface area (TPSA) is 73.9 Å². The minimum Gasteiger partial charge on any atom is -0.464 e. The summed E-state index contributed by atoms with van der Waals surface area (Å²) in [6.45, 7) is 7.49. The van der Waals surface area contributed by atoms with Crippen molar-refractivity contribution in [3.05, 3.63) is 58.6 Å². The summed E-state index contributed by atoms with van der Waals surface area (Å²) in [4.78, 5) is 22.9. The van der Waals surface area contributed by atoms with Gasteiger partial charge in [0.2, 0.25) is 6.73 Å². The first-order valence-corrected chi connectivity index (χ1v) is 11.7. The lowest BCUT2D eigenvalue weighted by atomic mass is 9.84. The van der Waals surface area contributed by atoms with Gasteiger partial charge in [-0.3, -0.25) is 9.28 Å². The maximum Gasteiger partial charge on any atom is 0.411 e. The average molecular weight is 476 g/mol. The van der Waals surface area contributed by atoms with Crippen molar-refractivity contribution in [1.29, 1.82) is 0 Å². The number of likely N-dealkylation sites (N-methyl/N-ethyl adjacent to an activating group) is 1. The number of hydrogen-bond acceptors (Lipinski definition) is 5. The van der Waals surface area contributed by atoms with Gasteiger partial charge in [0.25, 0.3) is 0 Å². The smallest absolute Gasteiger partial charge is 0.411 e. The number of alkyl carbamates (subject to hydrolysis) is 1. The van der Waals surface area contributed by atoms with Crippen molar-refractivity contribution in [2.24, 2.45) is 0 Å². The van der Waals surface area contributed by atoms with Crippen LogP contribution in [0.2, 0.25) is 5.02 Å². The summed E-state index contributed by atoms with van der Waals surface area (Å²) < 4.78 is 17.1. The van der Waals surface area contributed by atoms with Crippen LogP contribution in [0.4, 0.5) is 4.79 Å². The van der Waals surface area contributed by atoms with Gasteiger partial charge in [-0.1, -0.05) is 43.6 Å². The SMILES string of the molecule is CC.CC(=O)OCCNC(=O)OC[N+]1(C)CC2c3ccccc3Oc3ccc(Cl)cc3C2C1. The second-order valence-electron chi connectivity index (χ2n) is 8.35. The molecule has 2 aliphatic rings. The average Bonchev–Trinajstić information content (AvgIpc) is 3.10. The molecule has 178 valence electrons. The van der Waals surface area contributed by atoms with Crippen molar-refractivity contribution in [2.75, 3.05) is 40.0 Å². The molecule has 0 aliphatic carbocycles. The van der Waals surface area contributed by atoms with Crippen molar-refractivity contribution in [1.82, 2.24) is 5.32 Å². The molecular weight excluding hydrogens is 444 g/mol. The Morgan fingerprint density at radius 2 is 1.73 bits per heavy atom. The highest BCUT2D eigenvalue weighted by atomic mass is 35.5. The fourth-order valence-corrected chi connectivity index (χ4v) is 4.71. The molecule has 3 atom stereocenters. The Morgan fingerprint density at radius 3 is 2.45 bits per heavy atom. The highest BCUT2D eigenvalue weighted by Gasteiger charge is 2.48. The predicted molar refractivity (Wildman–Crippen MR) is 127 cm³/mol. The van der Waals surface area contributed by atoms with Crippen molar-refractivity contribution in [3.8, 4) is 11.5 Å². The van der Waals surface area contributed by atoms with E-state index in [1.807, 2.05) is 50.2 Å². The largest absolute Gasteiger partial charge is 0.464 e. The molecule has 0 radical (unpaired) electrons. The Morgan fingerprint density at radius 1 is 1.06 bits per heavy atom. The molecule has 1 amide bonds. The molecule has 2 aromatic carbocycles. The number of hydrogen-bond donors (Lipinski definition) is 1. The number of nitrogens with one attached hydrogen (secondary N) is 1. The zero-order valence-corrected chi connectivity index (χ0v) is 20.4. The van der Waals surface area contributed by atoms with Crippen LogP contribution < -0.4 is 10.1 Å². The van der Waals surface area contributed by atoms with E-state index in [-0.39, 0.29) is 37.7 Å². The summed E-state index contributed by atoms with van der Waals surface area (Å²) in [5.41, 5.74) is 2.24. The highest BCUT2D eigenvalue weighted by molar-refractivity contribution is 6.30. The molecule has 0 spiro atoms. The quantitative estimate of drug-likeness (QED) is 0.372. The predicted octanol–water partition coefficient (Wildman–Crippen LogP) is 5.05. The lowest BCUT2D eigenvalue weighted by Crippen LogP contribution is -2.45. The monoisotopic (exact) mass is 475 g/mol. The summed E-state index contributed by atoms with van der Waals surface area (Å²) in [7, 11) is 2.09. The molecule has 1 saturated heterocycles. The van der Waals surface area contributed by atoms with Crippen molar-refractivity contribution in [3.63, 3.8) is 0 Å². The van der Waals surface area contributed by atoms with Crippen LogP contribution in [0, 0.1) is 0 Å². The number of ether oxygens (including phenoxy) is 3. The number of carbonyl (C=O) groups is 2. The number of quaternary nitrogens is 1. The zero-order valence-electron chi connectivity index (χ0n) is 19.6. The van der Waals surface area contributed by atoms with Gasteiger partial charge in [-0.2, -0.15) is 0 Å². The Labute approximate surface area is 200 Å². The number of benzene rings is 2. The maximum absolute atomic E-state index is 12.1. The number of nitrogens with zero attached hydrogens (tertiary/aromatic N) is 1. The maximum atomic E-state index is 12.1. The molecule has 7 nitrogen and oxygen atoms in total. The molecule has 2 aromatic rings. The number of carbonyl (C=O) groups excluding carboxylic acids is 2. The number of halogens is 1. The van der Waals surface area contributed by atoms with E-state index in [1.165, 1.54) is 6.92 Å². The van der Waals surface area contributed by atoms with Crippen molar-refractivity contribution < 1.29 is 28.3 Å². The van der Waals surface area contributed by atoms with Gasteiger partial charge in [0, 0.05) is 34.9 Å². The number of likely N-dealkylation sites (tertiary alicyclic amines) is 1. The van der Waals surface area contributed by atoms with Crippen LogP contribution in [0.15, 0.2) is 42.5 Å². The molecule has 0 bridgehead atoms. The van der Waals surface area contributed by atoms with Crippen LogP contribution in [-0.2, 0) is 14.3 Å².